The summed E-state index contributed by atoms with van der Waals surface area (Å²) in [7, 11) is 3.22. The summed E-state index contributed by atoms with van der Waals surface area (Å²) in [6, 6.07) is 11.2. The maximum Gasteiger partial charge on any atom is 0.236 e. The fourth-order valence-electron chi connectivity index (χ4n) is 3.01. The molecule has 0 fully saturated rings. The number of fused-ring (bicyclic) bond motifs is 1. The fraction of sp³-hybridized carbons (Fsp3) is 0.273. The molecule has 1 aromatic heterocycles. The first-order chi connectivity index (χ1) is 15.2. The van der Waals surface area contributed by atoms with Crippen LogP contribution in [0, 0.1) is 0 Å². The number of carbonyl (C=O) groups excluding carboxylic acids is 1. The third-order valence-corrected chi connectivity index (χ3v) is 6.27. The van der Waals surface area contributed by atoms with Crippen LogP contribution in [0.1, 0.15) is 6.42 Å². The van der Waals surface area contributed by atoms with Crippen molar-refractivity contribution >= 4 is 34.1 Å². The maximum atomic E-state index is 12.4. The lowest BCUT2D eigenvalue weighted by molar-refractivity contribution is -0.113. The number of methoxy groups -OCH3 is 2. The molecule has 0 atom stereocenters. The zero-order valence-corrected chi connectivity index (χ0v) is 18.8. The second kappa shape index (κ2) is 9.93. The number of ether oxygens (including phenoxy) is 4. The van der Waals surface area contributed by atoms with E-state index >= 15 is 0 Å². The van der Waals surface area contributed by atoms with E-state index in [1.807, 2.05) is 41.8 Å². The largest absolute Gasteiger partial charge is 0.497 e. The molecule has 2 heterocycles. The minimum Gasteiger partial charge on any atom is -0.497 e. The van der Waals surface area contributed by atoms with Crippen LogP contribution in [0.3, 0.4) is 0 Å². The first-order valence-corrected chi connectivity index (χ1v) is 11.5. The monoisotopic (exact) mass is 458 g/mol. The number of thiazole rings is 1. The molecule has 9 heteroatoms. The normalized spacial score (nSPS) is 12.7. The van der Waals surface area contributed by atoms with Gasteiger partial charge in [0.2, 0.25) is 5.91 Å². The predicted molar refractivity (Wildman–Crippen MR) is 122 cm³/mol. The van der Waals surface area contributed by atoms with Gasteiger partial charge >= 0.3 is 0 Å². The number of nitrogens with one attached hydrogen (secondary N) is 1. The second-order valence-electron chi connectivity index (χ2n) is 6.60. The van der Waals surface area contributed by atoms with Crippen LogP contribution in [-0.4, -0.2) is 44.1 Å². The molecule has 0 spiro atoms. The number of hydrogen-bond acceptors (Lipinski definition) is 8. The molecule has 0 saturated carbocycles. The van der Waals surface area contributed by atoms with Crippen molar-refractivity contribution in [3.63, 3.8) is 0 Å². The van der Waals surface area contributed by atoms with Crippen LogP contribution < -0.4 is 24.3 Å². The van der Waals surface area contributed by atoms with Crippen molar-refractivity contribution in [3.8, 4) is 34.3 Å². The van der Waals surface area contributed by atoms with E-state index in [1.54, 1.807) is 14.2 Å². The summed E-state index contributed by atoms with van der Waals surface area (Å²) in [5.74, 6) is 3.00. The minimum absolute atomic E-state index is 0.129. The number of thioether (sulfide) groups is 1. The van der Waals surface area contributed by atoms with E-state index in [2.05, 4.69) is 10.3 Å². The molecule has 1 N–H and O–H groups in total. The third kappa shape index (κ3) is 5.23. The van der Waals surface area contributed by atoms with Gasteiger partial charge in [-0.15, -0.1) is 23.1 Å². The van der Waals surface area contributed by atoms with Crippen molar-refractivity contribution in [2.75, 3.05) is 38.5 Å². The van der Waals surface area contributed by atoms with Gasteiger partial charge in [-0.05, 0) is 36.4 Å². The number of benzene rings is 2. The predicted octanol–water partition coefficient (Wildman–Crippen LogP) is 4.72. The molecule has 1 aliphatic rings. The highest BCUT2D eigenvalue weighted by molar-refractivity contribution is 8.00. The van der Waals surface area contributed by atoms with Gasteiger partial charge in [-0.2, -0.15) is 0 Å². The van der Waals surface area contributed by atoms with E-state index in [-0.39, 0.29) is 11.7 Å². The van der Waals surface area contributed by atoms with Crippen molar-refractivity contribution < 1.29 is 23.7 Å². The van der Waals surface area contributed by atoms with Crippen molar-refractivity contribution in [1.29, 1.82) is 0 Å². The standard InChI is InChI=1S/C22H22N2O5S2/c1-26-14-4-6-18(27-2)16(10-14)17-12-31-22(23-17)24-21(25)13-30-15-5-7-19-20(11-15)29-9-3-8-28-19/h4-7,10-12H,3,8-9,13H2,1-2H3,(H,23,24,25). The summed E-state index contributed by atoms with van der Waals surface area (Å²) < 4.78 is 22.1. The van der Waals surface area contributed by atoms with Gasteiger partial charge in [0.1, 0.15) is 11.5 Å². The molecule has 3 aromatic rings. The Kier molecular flexibility index (Phi) is 6.83. The summed E-state index contributed by atoms with van der Waals surface area (Å²) in [4.78, 5) is 17.9. The van der Waals surface area contributed by atoms with Crippen molar-refractivity contribution in [2.24, 2.45) is 0 Å². The Balaban J connectivity index is 1.38. The molecule has 0 saturated heterocycles. The molecule has 31 heavy (non-hydrogen) atoms. The lowest BCUT2D eigenvalue weighted by Crippen LogP contribution is -2.13. The lowest BCUT2D eigenvalue weighted by atomic mass is 10.1. The van der Waals surface area contributed by atoms with Gasteiger partial charge in [0, 0.05) is 22.3 Å². The number of amides is 1. The van der Waals surface area contributed by atoms with Crippen LogP contribution >= 0.6 is 23.1 Å². The molecule has 0 aliphatic carbocycles. The highest BCUT2D eigenvalue weighted by Crippen LogP contribution is 2.36. The quantitative estimate of drug-likeness (QED) is 0.513. The molecule has 162 valence electrons. The smallest absolute Gasteiger partial charge is 0.236 e. The van der Waals surface area contributed by atoms with Crippen LogP contribution in [-0.2, 0) is 4.79 Å². The van der Waals surface area contributed by atoms with E-state index in [1.165, 1.54) is 23.1 Å². The van der Waals surface area contributed by atoms with Crippen LogP contribution in [0.5, 0.6) is 23.0 Å². The minimum atomic E-state index is -0.129. The summed E-state index contributed by atoms with van der Waals surface area (Å²) in [6.45, 7) is 1.28. The third-order valence-electron chi connectivity index (χ3n) is 4.52. The summed E-state index contributed by atoms with van der Waals surface area (Å²) >= 11 is 2.80. The van der Waals surface area contributed by atoms with E-state index < -0.39 is 0 Å². The Hall–Kier alpha value is -2.91. The van der Waals surface area contributed by atoms with Gasteiger partial charge in [0.15, 0.2) is 16.6 Å². The number of carbonyl (C=O) groups is 1. The Morgan fingerprint density at radius 2 is 1.97 bits per heavy atom. The average molecular weight is 459 g/mol. The summed E-state index contributed by atoms with van der Waals surface area (Å²) in [6.07, 6.45) is 0.858. The Bertz CT molecular complexity index is 1070. The zero-order chi connectivity index (χ0) is 21.6. The Labute approximate surface area is 188 Å². The number of hydrogen-bond donors (Lipinski definition) is 1. The summed E-state index contributed by atoms with van der Waals surface area (Å²) in [5, 5.41) is 5.27. The van der Waals surface area contributed by atoms with E-state index in [4.69, 9.17) is 18.9 Å². The van der Waals surface area contributed by atoms with E-state index in [0.717, 1.165) is 28.4 Å². The van der Waals surface area contributed by atoms with Gasteiger partial charge in [0.05, 0.1) is 38.9 Å². The second-order valence-corrected chi connectivity index (χ2v) is 8.51. The molecule has 0 unspecified atom stereocenters. The first-order valence-electron chi connectivity index (χ1n) is 9.66. The van der Waals surface area contributed by atoms with Crippen LogP contribution in [0.2, 0.25) is 0 Å². The lowest BCUT2D eigenvalue weighted by Gasteiger charge is -2.09. The van der Waals surface area contributed by atoms with Gasteiger partial charge in [-0.3, -0.25) is 4.79 Å². The molecule has 1 amide bonds. The first kappa shape index (κ1) is 21.3. The molecule has 2 aromatic carbocycles. The number of nitrogens with zero attached hydrogens (tertiary/aromatic N) is 1. The average Bonchev–Trinajstić information content (AvgIpc) is 3.13. The van der Waals surface area contributed by atoms with Crippen LogP contribution in [0.25, 0.3) is 11.3 Å². The number of aromatic nitrogens is 1. The highest BCUT2D eigenvalue weighted by Gasteiger charge is 2.14. The topological polar surface area (TPSA) is 78.9 Å². The molecular weight excluding hydrogens is 436 g/mol. The van der Waals surface area contributed by atoms with Gasteiger partial charge in [0.25, 0.3) is 0 Å². The fourth-order valence-corrected chi connectivity index (χ4v) is 4.46. The molecule has 4 rings (SSSR count). The number of rotatable bonds is 7. The molecule has 7 nitrogen and oxygen atoms in total. The van der Waals surface area contributed by atoms with Gasteiger partial charge in [-0.1, -0.05) is 0 Å². The van der Waals surface area contributed by atoms with E-state index in [9.17, 15) is 4.79 Å². The van der Waals surface area contributed by atoms with E-state index in [0.29, 0.717) is 35.5 Å². The Morgan fingerprint density at radius 1 is 1.13 bits per heavy atom. The van der Waals surface area contributed by atoms with Gasteiger partial charge < -0.3 is 24.3 Å². The van der Waals surface area contributed by atoms with Crippen LogP contribution in [0.15, 0.2) is 46.7 Å². The number of anilines is 1. The van der Waals surface area contributed by atoms with Crippen molar-refractivity contribution in [1.82, 2.24) is 4.98 Å². The highest BCUT2D eigenvalue weighted by atomic mass is 32.2. The molecule has 0 bridgehead atoms. The molecular formula is C22H22N2O5S2. The molecule has 0 radical (unpaired) electrons. The molecule has 1 aliphatic heterocycles. The zero-order valence-electron chi connectivity index (χ0n) is 17.2. The van der Waals surface area contributed by atoms with Crippen molar-refractivity contribution in [3.05, 3.63) is 41.8 Å². The SMILES string of the molecule is COc1ccc(OC)c(-c2csc(NC(=O)CSc3ccc4c(c3)OCCCO4)n2)c1. The van der Waals surface area contributed by atoms with Crippen LogP contribution in [0.4, 0.5) is 5.13 Å². The maximum absolute atomic E-state index is 12.4. The van der Waals surface area contributed by atoms with Crippen molar-refractivity contribution in [2.45, 2.75) is 11.3 Å². The Morgan fingerprint density at radius 3 is 2.77 bits per heavy atom. The van der Waals surface area contributed by atoms with Gasteiger partial charge in [-0.25, -0.2) is 4.98 Å². The summed E-state index contributed by atoms with van der Waals surface area (Å²) in [5.41, 5.74) is 1.52.